The Balaban J connectivity index is 1.83. The molecule has 0 aromatic heterocycles. The van der Waals surface area contributed by atoms with Crippen LogP contribution < -0.4 is 4.90 Å². The zero-order chi connectivity index (χ0) is 24.7. The van der Waals surface area contributed by atoms with Crippen LogP contribution >= 0.6 is 0 Å². The maximum Gasteiger partial charge on any atom is 0.335 e. The highest BCUT2D eigenvalue weighted by Crippen LogP contribution is 2.41. The number of unbranched alkanes of at least 4 members (excludes halogenated alkanes) is 4. The van der Waals surface area contributed by atoms with Crippen LogP contribution in [0.1, 0.15) is 86.3 Å². The second kappa shape index (κ2) is 11.1. The first kappa shape index (κ1) is 25.2. The summed E-state index contributed by atoms with van der Waals surface area (Å²) in [7, 11) is 0. The molecule has 0 fully saturated rings. The first-order valence-electron chi connectivity index (χ1n) is 12.0. The Morgan fingerprint density at radius 3 is 2.38 bits per heavy atom. The van der Waals surface area contributed by atoms with E-state index in [-0.39, 0.29) is 16.9 Å². The normalized spacial score (nSPS) is 15.6. The molecule has 0 aliphatic carbocycles. The summed E-state index contributed by atoms with van der Waals surface area (Å²) in [5, 5.41) is 22.2. The Kier molecular flexibility index (Phi) is 8.26. The molecule has 0 spiro atoms. The molecule has 3 rings (SSSR count). The van der Waals surface area contributed by atoms with Crippen LogP contribution in [0.2, 0.25) is 0 Å². The van der Waals surface area contributed by atoms with E-state index in [4.69, 9.17) is 5.11 Å². The van der Waals surface area contributed by atoms with E-state index in [2.05, 4.69) is 25.9 Å². The number of allylic oxidation sites excluding steroid dienone is 1. The van der Waals surface area contributed by atoms with Crippen molar-refractivity contribution in [2.24, 2.45) is 5.16 Å². The minimum Gasteiger partial charge on any atom is -0.478 e. The number of carboxylic acids is 1. The Bertz CT molecular complexity index is 1080. The lowest BCUT2D eigenvalue weighted by Gasteiger charge is -2.39. The van der Waals surface area contributed by atoms with E-state index in [0.717, 1.165) is 41.8 Å². The highest BCUT2D eigenvalue weighted by Gasteiger charge is 2.36. The molecule has 2 aromatic carbocycles. The van der Waals surface area contributed by atoms with E-state index in [9.17, 15) is 14.8 Å². The molecule has 0 radical (unpaired) electrons. The van der Waals surface area contributed by atoms with E-state index >= 15 is 0 Å². The lowest BCUT2D eigenvalue weighted by Crippen LogP contribution is -2.42. The van der Waals surface area contributed by atoms with Crippen molar-refractivity contribution in [1.82, 2.24) is 0 Å². The van der Waals surface area contributed by atoms with Gasteiger partial charge in [0.2, 0.25) is 5.91 Å². The molecule has 2 aromatic rings. The van der Waals surface area contributed by atoms with Crippen molar-refractivity contribution in [3.8, 4) is 0 Å². The molecule has 6 nitrogen and oxygen atoms in total. The summed E-state index contributed by atoms with van der Waals surface area (Å²) in [5.74, 6) is -0.820. The van der Waals surface area contributed by atoms with Crippen molar-refractivity contribution in [2.75, 3.05) is 11.4 Å². The molecule has 1 aliphatic heterocycles. The Morgan fingerprint density at radius 2 is 1.74 bits per heavy atom. The third kappa shape index (κ3) is 5.93. The van der Waals surface area contributed by atoms with Gasteiger partial charge in [-0.05, 0) is 47.9 Å². The number of anilines is 1. The van der Waals surface area contributed by atoms with Crippen LogP contribution in [-0.4, -0.2) is 34.4 Å². The van der Waals surface area contributed by atoms with Crippen LogP contribution in [0.15, 0.2) is 53.7 Å². The standard InChI is InChI=1S/C28H34N2O4/c1-4-5-6-7-8-17-30-25-16-14-22(18-23(25)28(2,3)19-26(30)31)24(29-34)15-11-20-9-12-21(13-10-20)27(32)33/h9-16,18,34H,4-8,17,19H2,1-3H3,(H,32,33). The number of benzene rings is 2. The quantitative estimate of drug-likeness (QED) is 0.189. The topological polar surface area (TPSA) is 90.2 Å². The molecule has 180 valence electrons. The average Bonchev–Trinajstić information content (AvgIpc) is 2.81. The predicted octanol–water partition coefficient (Wildman–Crippen LogP) is 6.26. The van der Waals surface area contributed by atoms with Crippen LogP contribution in [-0.2, 0) is 10.2 Å². The summed E-state index contributed by atoms with van der Waals surface area (Å²) in [5.41, 5.74) is 3.84. The van der Waals surface area contributed by atoms with E-state index in [0.29, 0.717) is 12.1 Å². The largest absolute Gasteiger partial charge is 0.478 e. The van der Waals surface area contributed by atoms with Crippen LogP contribution in [0.3, 0.4) is 0 Å². The molecule has 2 N–H and O–H groups in total. The van der Waals surface area contributed by atoms with E-state index in [1.54, 1.807) is 24.3 Å². The van der Waals surface area contributed by atoms with Gasteiger partial charge in [-0.15, -0.1) is 0 Å². The van der Waals surface area contributed by atoms with Crippen LogP contribution in [0.4, 0.5) is 5.69 Å². The van der Waals surface area contributed by atoms with Gasteiger partial charge in [0.15, 0.2) is 0 Å². The third-order valence-corrected chi connectivity index (χ3v) is 6.39. The first-order chi connectivity index (χ1) is 16.3. The summed E-state index contributed by atoms with van der Waals surface area (Å²) >= 11 is 0. The summed E-state index contributed by atoms with van der Waals surface area (Å²) < 4.78 is 0. The smallest absolute Gasteiger partial charge is 0.335 e. The average molecular weight is 463 g/mol. The number of hydrogen-bond acceptors (Lipinski definition) is 4. The van der Waals surface area contributed by atoms with Crippen molar-refractivity contribution < 1.29 is 19.9 Å². The summed E-state index contributed by atoms with van der Waals surface area (Å²) in [4.78, 5) is 25.8. The lowest BCUT2D eigenvalue weighted by molar-refractivity contribution is -0.120. The van der Waals surface area contributed by atoms with Gasteiger partial charge in [-0.1, -0.05) is 75.9 Å². The van der Waals surface area contributed by atoms with Crippen LogP contribution in [0.5, 0.6) is 0 Å². The van der Waals surface area contributed by atoms with Gasteiger partial charge in [0, 0.05) is 29.6 Å². The molecule has 1 amide bonds. The molecule has 1 aliphatic rings. The number of carboxylic acid groups (broad SMARTS) is 1. The molecule has 0 atom stereocenters. The summed E-state index contributed by atoms with van der Waals surface area (Å²) in [6.07, 6.45) is 9.63. The minimum atomic E-state index is -0.974. The fraction of sp³-hybridized carbons (Fsp3) is 0.393. The summed E-state index contributed by atoms with van der Waals surface area (Å²) in [6.45, 7) is 7.06. The van der Waals surface area contributed by atoms with Crippen LogP contribution in [0.25, 0.3) is 6.08 Å². The lowest BCUT2D eigenvalue weighted by atomic mass is 9.76. The number of oxime groups is 1. The van der Waals surface area contributed by atoms with Gasteiger partial charge in [0.05, 0.1) is 5.56 Å². The molecule has 0 unspecified atom stereocenters. The zero-order valence-electron chi connectivity index (χ0n) is 20.3. The molecule has 0 bridgehead atoms. The molecule has 34 heavy (non-hydrogen) atoms. The second-order valence-corrected chi connectivity index (χ2v) is 9.50. The first-order valence-corrected chi connectivity index (χ1v) is 12.0. The number of rotatable bonds is 10. The monoisotopic (exact) mass is 462 g/mol. The molecular formula is C28H34N2O4. The minimum absolute atomic E-state index is 0.154. The number of carbonyl (C=O) groups excluding carboxylic acids is 1. The number of amides is 1. The molecular weight excluding hydrogens is 428 g/mol. The predicted molar refractivity (Wildman–Crippen MR) is 136 cm³/mol. The molecule has 6 heteroatoms. The Morgan fingerprint density at radius 1 is 1.06 bits per heavy atom. The Labute approximate surface area is 201 Å². The molecule has 0 saturated heterocycles. The molecule has 1 heterocycles. The zero-order valence-corrected chi connectivity index (χ0v) is 20.3. The van der Waals surface area contributed by atoms with Gasteiger partial charge in [-0.25, -0.2) is 4.79 Å². The highest BCUT2D eigenvalue weighted by molar-refractivity contribution is 6.11. The highest BCUT2D eigenvalue weighted by atomic mass is 16.4. The third-order valence-electron chi connectivity index (χ3n) is 6.39. The van der Waals surface area contributed by atoms with E-state index < -0.39 is 5.97 Å². The van der Waals surface area contributed by atoms with Gasteiger partial charge >= 0.3 is 5.97 Å². The number of nitrogens with zero attached hydrogens (tertiary/aromatic N) is 2. The van der Waals surface area contributed by atoms with Crippen molar-refractivity contribution in [3.05, 3.63) is 70.8 Å². The van der Waals surface area contributed by atoms with Gasteiger partial charge < -0.3 is 15.2 Å². The maximum atomic E-state index is 12.9. The number of fused-ring (bicyclic) bond motifs is 1. The van der Waals surface area contributed by atoms with Crippen LogP contribution in [0, 0.1) is 0 Å². The van der Waals surface area contributed by atoms with E-state index in [1.165, 1.54) is 31.4 Å². The maximum absolute atomic E-state index is 12.9. The number of carbonyl (C=O) groups is 2. The fourth-order valence-corrected chi connectivity index (χ4v) is 4.39. The van der Waals surface area contributed by atoms with Crippen molar-refractivity contribution in [3.63, 3.8) is 0 Å². The molecule has 0 saturated carbocycles. The number of hydrogen-bond donors (Lipinski definition) is 2. The Hall–Kier alpha value is -3.41. The van der Waals surface area contributed by atoms with Crippen molar-refractivity contribution in [2.45, 2.75) is 64.7 Å². The number of aromatic carboxylic acids is 1. The van der Waals surface area contributed by atoms with Gasteiger partial charge in [0.1, 0.15) is 5.71 Å². The van der Waals surface area contributed by atoms with Crippen molar-refractivity contribution in [1.29, 1.82) is 0 Å². The van der Waals surface area contributed by atoms with Gasteiger partial charge in [-0.3, -0.25) is 4.79 Å². The second-order valence-electron chi connectivity index (χ2n) is 9.50. The van der Waals surface area contributed by atoms with Gasteiger partial charge in [0.25, 0.3) is 0 Å². The fourth-order valence-electron chi connectivity index (χ4n) is 4.39. The van der Waals surface area contributed by atoms with Gasteiger partial charge in [-0.2, -0.15) is 0 Å². The van der Waals surface area contributed by atoms with Crippen molar-refractivity contribution >= 4 is 29.4 Å². The SMILES string of the molecule is CCCCCCCN1C(=O)CC(C)(C)c2cc(C(C=Cc3ccc(C(=O)O)cc3)=NO)ccc21. The van der Waals surface area contributed by atoms with E-state index in [1.807, 2.05) is 23.1 Å². The summed E-state index contributed by atoms with van der Waals surface area (Å²) in [6, 6.07) is 12.3.